The van der Waals surface area contributed by atoms with Crippen molar-refractivity contribution in [2.24, 2.45) is 0 Å². The third kappa shape index (κ3) is 3.36. The van der Waals surface area contributed by atoms with Gasteiger partial charge in [0.2, 0.25) is 5.89 Å². The predicted octanol–water partition coefficient (Wildman–Crippen LogP) is 2.77. The Labute approximate surface area is 131 Å². The zero-order chi connectivity index (χ0) is 15.4. The molecule has 118 valence electrons. The van der Waals surface area contributed by atoms with E-state index in [1.54, 1.807) is 7.11 Å². The zero-order valence-corrected chi connectivity index (χ0v) is 13.3. The molecule has 0 N–H and O–H groups in total. The Morgan fingerprint density at radius 3 is 2.91 bits per heavy atom. The molecule has 0 bridgehead atoms. The van der Waals surface area contributed by atoms with Crippen molar-refractivity contribution in [2.45, 2.75) is 38.3 Å². The molecule has 3 rings (SSSR count). The third-order valence-corrected chi connectivity index (χ3v) is 4.39. The summed E-state index contributed by atoms with van der Waals surface area (Å²) in [6.07, 6.45) is 2.40. The normalized spacial score (nSPS) is 22.8. The van der Waals surface area contributed by atoms with E-state index in [0.29, 0.717) is 24.9 Å². The van der Waals surface area contributed by atoms with Crippen LogP contribution in [0.4, 0.5) is 0 Å². The lowest BCUT2D eigenvalue weighted by Gasteiger charge is -2.40. The first-order chi connectivity index (χ1) is 10.7. The molecule has 0 saturated carbocycles. The van der Waals surface area contributed by atoms with Crippen molar-refractivity contribution in [1.29, 1.82) is 0 Å². The van der Waals surface area contributed by atoms with E-state index in [1.165, 1.54) is 18.4 Å². The van der Waals surface area contributed by atoms with E-state index in [2.05, 4.69) is 52.3 Å². The zero-order valence-electron chi connectivity index (χ0n) is 13.3. The average Bonchev–Trinajstić information content (AvgIpc) is 2.96. The molecule has 0 unspecified atom stereocenters. The molecular weight excluding hydrogens is 278 g/mol. The van der Waals surface area contributed by atoms with Gasteiger partial charge in [0.25, 0.3) is 0 Å². The molecule has 0 spiro atoms. The molecule has 1 atom stereocenters. The minimum absolute atomic E-state index is 0.189. The standard InChI is InChI=1S/C17H23N3O2/c1-17(14-7-4-3-5-8-14)9-6-10-20(13-17)11-16-18-15(12-21-2)19-22-16/h3-5,7-8H,6,9-13H2,1-2H3/t17-/m1/s1. The van der Waals surface area contributed by atoms with Crippen molar-refractivity contribution in [3.8, 4) is 0 Å². The Morgan fingerprint density at radius 2 is 2.14 bits per heavy atom. The number of hydrogen-bond acceptors (Lipinski definition) is 5. The fourth-order valence-corrected chi connectivity index (χ4v) is 3.29. The molecule has 0 amide bonds. The van der Waals surface area contributed by atoms with Gasteiger partial charge in [-0.3, -0.25) is 4.90 Å². The Bertz CT molecular complexity index is 599. The van der Waals surface area contributed by atoms with Crippen LogP contribution in [0.1, 0.15) is 37.0 Å². The smallest absolute Gasteiger partial charge is 0.240 e. The molecule has 5 heteroatoms. The van der Waals surface area contributed by atoms with E-state index in [1.807, 2.05) is 0 Å². The Kier molecular flexibility index (Phi) is 4.55. The summed E-state index contributed by atoms with van der Waals surface area (Å²) in [6.45, 7) is 5.53. The summed E-state index contributed by atoms with van der Waals surface area (Å²) < 4.78 is 10.3. The van der Waals surface area contributed by atoms with Crippen LogP contribution in [-0.2, 0) is 23.3 Å². The van der Waals surface area contributed by atoms with Crippen molar-refractivity contribution < 1.29 is 9.26 Å². The number of methoxy groups -OCH3 is 1. The molecule has 2 heterocycles. The first-order valence-corrected chi connectivity index (χ1v) is 7.78. The fourth-order valence-electron chi connectivity index (χ4n) is 3.29. The lowest BCUT2D eigenvalue weighted by molar-refractivity contribution is 0.135. The van der Waals surface area contributed by atoms with Gasteiger partial charge in [-0.05, 0) is 24.9 Å². The van der Waals surface area contributed by atoms with Gasteiger partial charge in [0, 0.05) is 19.1 Å². The minimum atomic E-state index is 0.189. The highest BCUT2D eigenvalue weighted by molar-refractivity contribution is 5.25. The number of piperidine rings is 1. The molecular formula is C17H23N3O2. The van der Waals surface area contributed by atoms with E-state index < -0.39 is 0 Å². The highest BCUT2D eigenvalue weighted by Gasteiger charge is 2.33. The van der Waals surface area contributed by atoms with E-state index >= 15 is 0 Å². The van der Waals surface area contributed by atoms with Crippen molar-refractivity contribution in [1.82, 2.24) is 15.0 Å². The summed E-state index contributed by atoms with van der Waals surface area (Å²) in [5.74, 6) is 1.28. The van der Waals surface area contributed by atoms with Gasteiger partial charge >= 0.3 is 0 Å². The second kappa shape index (κ2) is 6.58. The van der Waals surface area contributed by atoms with E-state index in [4.69, 9.17) is 9.26 Å². The lowest BCUT2D eigenvalue weighted by atomic mass is 9.76. The van der Waals surface area contributed by atoms with Gasteiger partial charge in [0.1, 0.15) is 6.61 Å². The fraction of sp³-hybridized carbons (Fsp3) is 0.529. The SMILES string of the molecule is COCc1noc(CN2CCC[C@@](C)(c3ccccc3)C2)n1. The largest absolute Gasteiger partial charge is 0.377 e. The molecule has 1 fully saturated rings. The topological polar surface area (TPSA) is 51.4 Å². The van der Waals surface area contributed by atoms with Crippen LogP contribution in [-0.4, -0.2) is 35.2 Å². The summed E-state index contributed by atoms with van der Waals surface area (Å²) in [7, 11) is 1.63. The highest BCUT2D eigenvalue weighted by atomic mass is 16.5. The van der Waals surface area contributed by atoms with E-state index in [9.17, 15) is 0 Å². The second-order valence-electron chi connectivity index (χ2n) is 6.28. The number of hydrogen-bond donors (Lipinski definition) is 0. The Balaban J connectivity index is 1.67. The Hall–Kier alpha value is -1.72. The van der Waals surface area contributed by atoms with Crippen LogP contribution in [0.3, 0.4) is 0 Å². The van der Waals surface area contributed by atoms with Gasteiger partial charge in [0.05, 0.1) is 6.54 Å². The van der Waals surface area contributed by atoms with Crippen molar-refractivity contribution >= 4 is 0 Å². The van der Waals surface area contributed by atoms with Crippen molar-refractivity contribution in [3.63, 3.8) is 0 Å². The van der Waals surface area contributed by atoms with Gasteiger partial charge in [-0.1, -0.05) is 42.4 Å². The first kappa shape index (κ1) is 15.2. The van der Waals surface area contributed by atoms with Gasteiger partial charge in [-0.2, -0.15) is 4.98 Å². The molecule has 0 radical (unpaired) electrons. The molecule has 1 aliphatic rings. The predicted molar refractivity (Wildman–Crippen MR) is 83.3 cm³/mol. The van der Waals surface area contributed by atoms with Gasteiger partial charge in [0.15, 0.2) is 5.82 Å². The maximum atomic E-state index is 5.31. The van der Waals surface area contributed by atoms with Crippen molar-refractivity contribution in [2.75, 3.05) is 20.2 Å². The summed E-state index contributed by atoms with van der Waals surface area (Å²) in [5, 5.41) is 3.93. The minimum Gasteiger partial charge on any atom is -0.377 e. The van der Waals surface area contributed by atoms with Crippen LogP contribution in [0.5, 0.6) is 0 Å². The molecule has 1 aliphatic heterocycles. The van der Waals surface area contributed by atoms with E-state index in [-0.39, 0.29) is 5.41 Å². The quantitative estimate of drug-likeness (QED) is 0.850. The summed E-state index contributed by atoms with van der Waals surface area (Å²) >= 11 is 0. The number of likely N-dealkylation sites (tertiary alicyclic amines) is 1. The van der Waals surface area contributed by atoms with Gasteiger partial charge in [-0.25, -0.2) is 0 Å². The van der Waals surface area contributed by atoms with Crippen molar-refractivity contribution in [3.05, 3.63) is 47.6 Å². The maximum Gasteiger partial charge on any atom is 0.240 e. The van der Waals surface area contributed by atoms with Crippen LogP contribution < -0.4 is 0 Å². The average molecular weight is 301 g/mol. The molecule has 1 saturated heterocycles. The maximum absolute atomic E-state index is 5.31. The molecule has 1 aromatic carbocycles. The molecule has 22 heavy (non-hydrogen) atoms. The molecule has 1 aromatic heterocycles. The Morgan fingerprint density at radius 1 is 1.32 bits per heavy atom. The number of benzene rings is 1. The highest BCUT2D eigenvalue weighted by Crippen LogP contribution is 2.33. The van der Waals surface area contributed by atoms with Crippen LogP contribution in [0, 0.1) is 0 Å². The first-order valence-electron chi connectivity index (χ1n) is 7.78. The van der Waals surface area contributed by atoms with Crippen LogP contribution in [0.2, 0.25) is 0 Å². The molecule has 2 aromatic rings. The summed E-state index contributed by atoms with van der Waals surface area (Å²) in [4.78, 5) is 6.77. The third-order valence-electron chi connectivity index (χ3n) is 4.39. The number of ether oxygens (including phenoxy) is 1. The summed E-state index contributed by atoms with van der Waals surface area (Å²) in [6, 6.07) is 10.8. The second-order valence-corrected chi connectivity index (χ2v) is 6.28. The van der Waals surface area contributed by atoms with Crippen LogP contribution >= 0.6 is 0 Å². The summed E-state index contributed by atoms with van der Waals surface area (Å²) in [5.41, 5.74) is 1.60. The molecule has 5 nitrogen and oxygen atoms in total. The monoisotopic (exact) mass is 301 g/mol. The number of aromatic nitrogens is 2. The van der Waals surface area contributed by atoms with Gasteiger partial charge in [-0.15, -0.1) is 0 Å². The number of rotatable bonds is 5. The number of nitrogens with zero attached hydrogens (tertiary/aromatic N) is 3. The van der Waals surface area contributed by atoms with Crippen LogP contribution in [0.25, 0.3) is 0 Å². The molecule has 0 aliphatic carbocycles. The van der Waals surface area contributed by atoms with Gasteiger partial charge < -0.3 is 9.26 Å². The van der Waals surface area contributed by atoms with Crippen LogP contribution in [0.15, 0.2) is 34.9 Å². The van der Waals surface area contributed by atoms with E-state index in [0.717, 1.165) is 13.1 Å². The lowest BCUT2D eigenvalue weighted by Crippen LogP contribution is -2.43.